The van der Waals surface area contributed by atoms with Gasteiger partial charge in [-0.1, -0.05) is 186 Å². The topological polar surface area (TPSA) is 37.3 Å². The molecule has 35 heavy (non-hydrogen) atoms. The molecular weight excluding hydrogens is 428 g/mol. The largest absolute Gasteiger partial charge is 0.478 e. The number of aliphatic carboxylic acids is 1. The van der Waals surface area contributed by atoms with Crippen molar-refractivity contribution >= 4 is 5.97 Å². The molecular formula is C33H62O2. The van der Waals surface area contributed by atoms with Crippen molar-refractivity contribution in [2.45, 2.75) is 180 Å². The van der Waals surface area contributed by atoms with Crippen LogP contribution < -0.4 is 0 Å². The van der Waals surface area contributed by atoms with E-state index < -0.39 is 5.97 Å². The molecule has 0 aromatic carbocycles. The monoisotopic (exact) mass is 490 g/mol. The van der Waals surface area contributed by atoms with Gasteiger partial charge in [0.15, 0.2) is 0 Å². The Morgan fingerprint density at radius 2 is 0.743 bits per heavy atom. The molecule has 0 unspecified atom stereocenters. The van der Waals surface area contributed by atoms with Gasteiger partial charge in [-0.25, -0.2) is 4.79 Å². The lowest BCUT2D eigenvalue weighted by Gasteiger charge is -2.04. The number of carbonyl (C=O) groups is 1. The van der Waals surface area contributed by atoms with E-state index in [0.29, 0.717) is 0 Å². The predicted molar refractivity (Wildman–Crippen MR) is 156 cm³/mol. The number of carboxylic acid groups (broad SMARTS) is 1. The second-order valence-electron chi connectivity index (χ2n) is 10.8. The second kappa shape index (κ2) is 31.0. The van der Waals surface area contributed by atoms with Gasteiger partial charge in [0.1, 0.15) is 0 Å². The summed E-state index contributed by atoms with van der Waals surface area (Å²) >= 11 is 0. The van der Waals surface area contributed by atoms with Gasteiger partial charge in [-0.05, 0) is 12.8 Å². The van der Waals surface area contributed by atoms with Gasteiger partial charge in [-0.15, -0.1) is 0 Å². The van der Waals surface area contributed by atoms with Gasteiger partial charge in [0, 0.05) is 6.08 Å². The van der Waals surface area contributed by atoms with Crippen molar-refractivity contribution in [3.63, 3.8) is 0 Å². The third-order valence-corrected chi connectivity index (χ3v) is 7.21. The summed E-state index contributed by atoms with van der Waals surface area (Å²) in [7, 11) is 0. The van der Waals surface area contributed by atoms with E-state index in [0.717, 1.165) is 6.42 Å². The molecule has 0 amide bonds. The Balaban J connectivity index is 3.07. The summed E-state index contributed by atoms with van der Waals surface area (Å²) in [5, 5.41) is 8.50. The Hall–Kier alpha value is -1.05. The molecule has 0 heterocycles. The predicted octanol–water partition coefficient (Wildman–Crippen LogP) is 11.7. The van der Waals surface area contributed by atoms with E-state index in [2.05, 4.69) is 13.0 Å². The zero-order chi connectivity index (χ0) is 25.5. The Morgan fingerprint density at radius 3 is 1.03 bits per heavy atom. The first-order valence-electron chi connectivity index (χ1n) is 15.8. The van der Waals surface area contributed by atoms with Crippen molar-refractivity contribution in [2.75, 3.05) is 0 Å². The number of allylic oxidation sites excluding steroid dienone is 3. The summed E-state index contributed by atoms with van der Waals surface area (Å²) in [4.78, 5) is 10.3. The molecule has 0 bridgehead atoms. The minimum absolute atomic E-state index is 0.880. The fourth-order valence-corrected chi connectivity index (χ4v) is 4.89. The van der Waals surface area contributed by atoms with Crippen LogP contribution in [0.25, 0.3) is 0 Å². The first-order valence-corrected chi connectivity index (χ1v) is 15.8. The first-order chi connectivity index (χ1) is 17.3. The highest BCUT2D eigenvalue weighted by Gasteiger charge is 1.96. The Labute approximate surface area is 220 Å². The van der Waals surface area contributed by atoms with Gasteiger partial charge in [-0.2, -0.15) is 0 Å². The van der Waals surface area contributed by atoms with Gasteiger partial charge in [0.25, 0.3) is 0 Å². The molecule has 0 saturated heterocycles. The quantitative estimate of drug-likeness (QED) is 0.0643. The van der Waals surface area contributed by atoms with Gasteiger partial charge in [0.2, 0.25) is 0 Å². The first kappa shape index (κ1) is 34.0. The number of hydrogen-bond donors (Lipinski definition) is 1. The fourth-order valence-electron chi connectivity index (χ4n) is 4.89. The van der Waals surface area contributed by atoms with Crippen molar-refractivity contribution in [1.29, 1.82) is 0 Å². The fraction of sp³-hybridized carbons (Fsp3) is 0.848. The van der Waals surface area contributed by atoms with E-state index in [1.165, 1.54) is 173 Å². The molecule has 0 aliphatic heterocycles. The van der Waals surface area contributed by atoms with Gasteiger partial charge in [0.05, 0.1) is 0 Å². The third-order valence-electron chi connectivity index (χ3n) is 7.21. The third kappa shape index (κ3) is 33.0. The van der Waals surface area contributed by atoms with Crippen LogP contribution >= 0.6 is 0 Å². The highest BCUT2D eigenvalue weighted by Crippen LogP contribution is 2.16. The van der Waals surface area contributed by atoms with E-state index >= 15 is 0 Å². The Kier molecular flexibility index (Phi) is 30.1. The summed E-state index contributed by atoms with van der Waals surface area (Å²) in [5.41, 5.74) is 0. The standard InChI is InChI=1S/C33H62O2/c1-2-3-4-5-6-7-8-9-10-11-12-13-14-15-16-17-18-19-20-21-22-23-24-25-26-27-28-29-30-31-32-33(34)35/h29-32H,2-28H2,1H3,(H,34,35)/b30-29+,32-31+. The van der Waals surface area contributed by atoms with E-state index in [1.807, 2.05) is 6.08 Å². The van der Waals surface area contributed by atoms with Crippen LogP contribution in [0, 0.1) is 0 Å². The molecule has 0 saturated carbocycles. The van der Waals surface area contributed by atoms with Gasteiger partial charge in [-0.3, -0.25) is 0 Å². The average molecular weight is 491 g/mol. The lowest BCUT2D eigenvalue weighted by molar-refractivity contribution is -0.131. The van der Waals surface area contributed by atoms with Crippen LogP contribution in [0.3, 0.4) is 0 Å². The molecule has 2 nitrogen and oxygen atoms in total. The minimum atomic E-state index is -0.880. The maximum absolute atomic E-state index is 10.3. The number of carboxylic acids is 1. The molecule has 0 radical (unpaired) electrons. The van der Waals surface area contributed by atoms with Gasteiger partial charge < -0.3 is 5.11 Å². The second-order valence-corrected chi connectivity index (χ2v) is 10.8. The van der Waals surface area contributed by atoms with Crippen LogP contribution in [-0.2, 0) is 4.79 Å². The summed E-state index contributed by atoms with van der Waals surface area (Å²) in [5.74, 6) is -0.880. The Morgan fingerprint density at radius 1 is 0.457 bits per heavy atom. The zero-order valence-electron chi connectivity index (χ0n) is 23.8. The summed E-state index contributed by atoms with van der Waals surface area (Å²) in [6.07, 6.45) is 44.9. The van der Waals surface area contributed by atoms with E-state index in [9.17, 15) is 4.79 Å². The highest BCUT2D eigenvalue weighted by molar-refractivity contribution is 5.80. The number of hydrogen-bond acceptors (Lipinski definition) is 1. The maximum atomic E-state index is 10.3. The molecule has 1 N–H and O–H groups in total. The molecule has 0 aliphatic rings. The minimum Gasteiger partial charge on any atom is -0.478 e. The van der Waals surface area contributed by atoms with Crippen LogP contribution in [0.4, 0.5) is 0 Å². The zero-order valence-corrected chi connectivity index (χ0v) is 23.8. The van der Waals surface area contributed by atoms with Crippen molar-refractivity contribution in [2.24, 2.45) is 0 Å². The summed E-state index contributed by atoms with van der Waals surface area (Å²) in [6, 6.07) is 0. The van der Waals surface area contributed by atoms with Crippen LogP contribution in [0.5, 0.6) is 0 Å². The Bertz CT molecular complexity index is 466. The lowest BCUT2D eigenvalue weighted by Crippen LogP contribution is -1.85. The van der Waals surface area contributed by atoms with Crippen molar-refractivity contribution < 1.29 is 9.90 Å². The number of unbranched alkanes of at least 4 members (excludes halogenated alkanes) is 26. The lowest BCUT2D eigenvalue weighted by atomic mass is 10.0. The van der Waals surface area contributed by atoms with Crippen molar-refractivity contribution in [3.8, 4) is 0 Å². The van der Waals surface area contributed by atoms with E-state index in [-0.39, 0.29) is 0 Å². The SMILES string of the molecule is CCCCCCCCCCCCCCCCCCCCCCCCCCCC/C=C/C=C/C(=O)O. The van der Waals surface area contributed by atoms with Crippen LogP contribution in [0.1, 0.15) is 180 Å². The molecule has 0 atom stereocenters. The molecule has 206 valence electrons. The summed E-state index contributed by atoms with van der Waals surface area (Å²) < 4.78 is 0. The van der Waals surface area contributed by atoms with Crippen LogP contribution in [0.2, 0.25) is 0 Å². The molecule has 0 aromatic heterocycles. The molecule has 0 rings (SSSR count). The molecule has 0 spiro atoms. The molecule has 0 aromatic rings. The van der Waals surface area contributed by atoms with Crippen LogP contribution in [0.15, 0.2) is 24.3 Å². The smallest absolute Gasteiger partial charge is 0.328 e. The molecule has 2 heteroatoms. The van der Waals surface area contributed by atoms with E-state index in [1.54, 1.807) is 6.08 Å². The van der Waals surface area contributed by atoms with Crippen molar-refractivity contribution in [1.82, 2.24) is 0 Å². The molecule has 0 fully saturated rings. The average Bonchev–Trinajstić information content (AvgIpc) is 2.85. The summed E-state index contributed by atoms with van der Waals surface area (Å²) in [6.45, 7) is 2.30. The normalized spacial score (nSPS) is 11.8. The van der Waals surface area contributed by atoms with Gasteiger partial charge >= 0.3 is 5.97 Å². The highest BCUT2D eigenvalue weighted by atomic mass is 16.4. The molecule has 0 aliphatic carbocycles. The number of rotatable bonds is 29. The van der Waals surface area contributed by atoms with Crippen molar-refractivity contribution in [3.05, 3.63) is 24.3 Å². The van der Waals surface area contributed by atoms with Crippen LogP contribution in [-0.4, -0.2) is 11.1 Å². The maximum Gasteiger partial charge on any atom is 0.328 e. The van der Waals surface area contributed by atoms with E-state index in [4.69, 9.17) is 5.11 Å².